The summed E-state index contributed by atoms with van der Waals surface area (Å²) in [6.07, 6.45) is 13.4. The molecule has 0 fully saturated rings. The summed E-state index contributed by atoms with van der Waals surface area (Å²) in [6, 6.07) is 0. The minimum atomic E-state index is 0.314. The van der Waals surface area contributed by atoms with Crippen molar-refractivity contribution < 1.29 is 9.84 Å². The Hall–Kier alpha value is -0.0800. The van der Waals surface area contributed by atoms with E-state index in [0.29, 0.717) is 6.61 Å². The van der Waals surface area contributed by atoms with E-state index in [2.05, 4.69) is 6.92 Å². The highest BCUT2D eigenvalue weighted by Gasteiger charge is 1.92. The normalized spacial score (nSPS) is 10.9. The monoisotopic (exact) mass is 243 g/mol. The minimum absolute atomic E-state index is 0.314. The van der Waals surface area contributed by atoms with Crippen LogP contribution in [-0.2, 0) is 4.74 Å². The lowest BCUT2D eigenvalue weighted by atomic mass is 10.1. The van der Waals surface area contributed by atoms with Crippen molar-refractivity contribution >= 4 is 0 Å². The predicted molar refractivity (Wildman–Crippen MR) is 74.0 cm³/mol. The lowest BCUT2D eigenvalue weighted by Crippen LogP contribution is -1.97. The zero-order valence-corrected chi connectivity index (χ0v) is 11.5. The van der Waals surface area contributed by atoms with Crippen molar-refractivity contribution in [2.24, 2.45) is 0 Å². The Kier molecular flexibility index (Phi) is 15.8. The summed E-state index contributed by atoms with van der Waals surface area (Å²) in [5.41, 5.74) is 0. The van der Waals surface area contributed by atoms with Crippen LogP contribution in [0, 0.1) is 6.92 Å². The summed E-state index contributed by atoms with van der Waals surface area (Å²) < 4.78 is 5.54. The second kappa shape index (κ2) is 15.9. The van der Waals surface area contributed by atoms with Gasteiger partial charge in [0.15, 0.2) is 0 Å². The molecule has 0 atom stereocenters. The Morgan fingerprint density at radius 3 is 1.65 bits per heavy atom. The van der Waals surface area contributed by atoms with Gasteiger partial charge in [-0.25, -0.2) is 0 Å². The van der Waals surface area contributed by atoms with E-state index in [9.17, 15) is 0 Å². The molecule has 0 radical (unpaired) electrons. The van der Waals surface area contributed by atoms with Gasteiger partial charge >= 0.3 is 0 Å². The third-order valence-corrected chi connectivity index (χ3v) is 2.99. The highest BCUT2D eigenvalue weighted by atomic mass is 16.5. The summed E-state index contributed by atoms with van der Waals surface area (Å²) >= 11 is 0. The van der Waals surface area contributed by atoms with Gasteiger partial charge < -0.3 is 16.8 Å². The van der Waals surface area contributed by atoms with E-state index in [1.165, 1.54) is 44.9 Å². The summed E-state index contributed by atoms with van der Waals surface area (Å²) in [7, 11) is 0. The highest BCUT2D eigenvalue weighted by Crippen LogP contribution is 2.08. The molecule has 0 unspecified atom stereocenters. The zero-order valence-electron chi connectivity index (χ0n) is 11.5. The van der Waals surface area contributed by atoms with Crippen molar-refractivity contribution in [2.75, 3.05) is 19.8 Å². The molecule has 0 aliphatic heterocycles. The van der Waals surface area contributed by atoms with Crippen LogP contribution in [0.5, 0.6) is 0 Å². The zero-order chi connectivity index (χ0) is 12.6. The van der Waals surface area contributed by atoms with Crippen molar-refractivity contribution in [2.45, 2.75) is 70.6 Å². The van der Waals surface area contributed by atoms with Crippen LogP contribution in [0.25, 0.3) is 0 Å². The molecule has 1 N–H and O–H groups in total. The van der Waals surface area contributed by atoms with E-state index in [-0.39, 0.29) is 0 Å². The molecule has 0 aromatic carbocycles. The van der Waals surface area contributed by atoms with Crippen molar-refractivity contribution in [3.8, 4) is 0 Å². The molecule has 0 aliphatic carbocycles. The van der Waals surface area contributed by atoms with Crippen LogP contribution >= 0.6 is 0 Å². The maximum atomic E-state index is 8.60. The first-order chi connectivity index (χ1) is 8.41. The van der Waals surface area contributed by atoms with Crippen LogP contribution in [0.1, 0.15) is 70.6 Å². The van der Waals surface area contributed by atoms with Gasteiger partial charge in [-0.05, 0) is 25.7 Å². The van der Waals surface area contributed by atoms with Gasteiger partial charge in [0, 0.05) is 19.8 Å². The fraction of sp³-hybridized carbons (Fsp3) is 0.933. The fourth-order valence-corrected chi connectivity index (χ4v) is 1.86. The molecular formula is C15H31O2-. The number of aliphatic hydroxyl groups excluding tert-OH is 1. The maximum absolute atomic E-state index is 8.60. The molecule has 0 spiro atoms. The Bertz CT molecular complexity index is 112. The SMILES string of the molecule is [CH2-]CCCCCCCCCOCCCCCO. The quantitative estimate of drug-likeness (QED) is 0.367. The van der Waals surface area contributed by atoms with Crippen LogP contribution in [0.15, 0.2) is 0 Å². The van der Waals surface area contributed by atoms with Crippen LogP contribution in [0.3, 0.4) is 0 Å². The number of hydrogen-bond acceptors (Lipinski definition) is 2. The standard InChI is InChI=1S/C15H31O2/c1-2-3-4-5-6-7-8-11-14-17-15-12-9-10-13-16/h16H,1-15H2/q-1. The van der Waals surface area contributed by atoms with E-state index in [1.54, 1.807) is 0 Å². The van der Waals surface area contributed by atoms with Gasteiger partial charge in [0.25, 0.3) is 0 Å². The molecule has 0 aromatic rings. The van der Waals surface area contributed by atoms with Crippen molar-refractivity contribution in [1.82, 2.24) is 0 Å². The molecular weight excluding hydrogens is 212 g/mol. The van der Waals surface area contributed by atoms with Gasteiger partial charge in [-0.1, -0.05) is 38.5 Å². The van der Waals surface area contributed by atoms with Crippen LogP contribution < -0.4 is 0 Å². The number of hydrogen-bond donors (Lipinski definition) is 1. The molecule has 0 amide bonds. The van der Waals surface area contributed by atoms with Crippen molar-refractivity contribution in [3.05, 3.63) is 6.92 Å². The molecule has 2 heteroatoms. The van der Waals surface area contributed by atoms with E-state index in [4.69, 9.17) is 9.84 Å². The number of unbranched alkanes of at least 4 members (excludes halogenated alkanes) is 9. The topological polar surface area (TPSA) is 29.5 Å². The third kappa shape index (κ3) is 15.9. The smallest absolute Gasteiger partial charge is 0.0466 e. The first kappa shape index (κ1) is 16.9. The van der Waals surface area contributed by atoms with Crippen molar-refractivity contribution in [3.63, 3.8) is 0 Å². The number of rotatable bonds is 14. The fourth-order valence-electron chi connectivity index (χ4n) is 1.86. The molecule has 2 nitrogen and oxygen atoms in total. The van der Waals surface area contributed by atoms with E-state index < -0.39 is 0 Å². The van der Waals surface area contributed by atoms with Gasteiger partial charge in [0.1, 0.15) is 0 Å². The molecule has 0 heterocycles. The van der Waals surface area contributed by atoms with Crippen LogP contribution in [0.4, 0.5) is 0 Å². The summed E-state index contributed by atoms with van der Waals surface area (Å²) in [6.45, 7) is 5.94. The van der Waals surface area contributed by atoms with Gasteiger partial charge in [-0.15, -0.1) is 0 Å². The molecule has 0 saturated heterocycles. The van der Waals surface area contributed by atoms with Crippen LogP contribution in [-0.4, -0.2) is 24.9 Å². The number of aliphatic hydroxyl groups is 1. The van der Waals surface area contributed by atoms with Crippen molar-refractivity contribution in [1.29, 1.82) is 0 Å². The Balaban J connectivity index is 2.85. The first-order valence-electron chi connectivity index (χ1n) is 7.39. The van der Waals surface area contributed by atoms with E-state index in [0.717, 1.165) is 38.9 Å². The molecule has 0 aromatic heterocycles. The Labute approximate surface area is 108 Å². The molecule has 104 valence electrons. The minimum Gasteiger partial charge on any atom is -0.396 e. The van der Waals surface area contributed by atoms with Gasteiger partial charge in [-0.2, -0.15) is 6.42 Å². The van der Waals surface area contributed by atoms with Gasteiger partial charge in [0.05, 0.1) is 0 Å². The largest absolute Gasteiger partial charge is 0.396 e. The molecule has 0 aliphatic rings. The second-order valence-corrected chi connectivity index (χ2v) is 4.73. The van der Waals surface area contributed by atoms with E-state index in [1.807, 2.05) is 0 Å². The average molecular weight is 243 g/mol. The molecule has 17 heavy (non-hydrogen) atoms. The van der Waals surface area contributed by atoms with Gasteiger partial charge in [0.2, 0.25) is 0 Å². The summed E-state index contributed by atoms with van der Waals surface area (Å²) in [5.74, 6) is 0. The van der Waals surface area contributed by atoms with Crippen LogP contribution in [0.2, 0.25) is 0 Å². The molecule has 0 saturated carbocycles. The molecule has 0 rings (SSSR count). The maximum Gasteiger partial charge on any atom is 0.0466 e. The first-order valence-corrected chi connectivity index (χ1v) is 7.39. The van der Waals surface area contributed by atoms with E-state index >= 15 is 0 Å². The summed E-state index contributed by atoms with van der Waals surface area (Å²) in [5, 5.41) is 8.60. The molecule has 0 bridgehead atoms. The lowest BCUT2D eigenvalue weighted by Gasteiger charge is -2.04. The Morgan fingerprint density at radius 1 is 0.647 bits per heavy atom. The summed E-state index contributed by atoms with van der Waals surface area (Å²) in [4.78, 5) is 0. The third-order valence-electron chi connectivity index (χ3n) is 2.99. The van der Waals surface area contributed by atoms with Gasteiger partial charge in [-0.3, -0.25) is 0 Å². The average Bonchev–Trinajstić information content (AvgIpc) is 2.35. The predicted octanol–water partition coefficient (Wildman–Crippen LogP) is 4.12. The highest BCUT2D eigenvalue weighted by molar-refractivity contribution is 4.47. The lowest BCUT2D eigenvalue weighted by molar-refractivity contribution is 0.124. The Morgan fingerprint density at radius 2 is 1.12 bits per heavy atom. The number of ether oxygens (including phenoxy) is 1. The second-order valence-electron chi connectivity index (χ2n) is 4.73.